The van der Waals surface area contributed by atoms with Gasteiger partial charge < -0.3 is 14.0 Å². The number of ether oxygens (including phenoxy) is 2. The molecule has 0 radical (unpaired) electrons. The van der Waals surface area contributed by atoms with E-state index in [1.807, 2.05) is 18.2 Å². The van der Waals surface area contributed by atoms with Crippen LogP contribution in [0.5, 0.6) is 5.75 Å². The summed E-state index contributed by atoms with van der Waals surface area (Å²) in [6.45, 7) is 5.38. The molecule has 1 aromatic heterocycles. The van der Waals surface area contributed by atoms with Gasteiger partial charge >= 0.3 is 0 Å². The van der Waals surface area contributed by atoms with Crippen LogP contribution in [0.4, 0.5) is 4.39 Å². The van der Waals surface area contributed by atoms with Crippen LogP contribution in [0.25, 0.3) is 11.4 Å². The van der Waals surface area contributed by atoms with Gasteiger partial charge in [-0.3, -0.25) is 9.80 Å². The van der Waals surface area contributed by atoms with E-state index in [0.29, 0.717) is 23.9 Å². The Morgan fingerprint density at radius 2 is 1.71 bits per heavy atom. The Hall–Kier alpha value is -3.30. The summed E-state index contributed by atoms with van der Waals surface area (Å²) in [7, 11) is 1.42. The molecule has 2 heterocycles. The van der Waals surface area contributed by atoms with Crippen molar-refractivity contribution < 1.29 is 18.4 Å². The molecule has 7 nitrogen and oxygen atoms in total. The van der Waals surface area contributed by atoms with Gasteiger partial charge in [-0.1, -0.05) is 59.2 Å². The van der Waals surface area contributed by atoms with Crippen molar-refractivity contribution >= 4 is 11.6 Å². The number of piperazine rings is 1. The van der Waals surface area contributed by atoms with Crippen LogP contribution in [-0.4, -0.2) is 66.4 Å². The second kappa shape index (κ2) is 12.5. The monoisotopic (exact) mass is 536 g/mol. The summed E-state index contributed by atoms with van der Waals surface area (Å²) >= 11 is 6.15. The fourth-order valence-electron chi connectivity index (χ4n) is 4.73. The Kier molecular flexibility index (Phi) is 8.65. The van der Waals surface area contributed by atoms with Crippen molar-refractivity contribution in [2.45, 2.75) is 12.6 Å². The molecule has 1 saturated heterocycles. The highest BCUT2D eigenvalue weighted by Crippen LogP contribution is 2.30. The van der Waals surface area contributed by atoms with E-state index in [1.165, 1.54) is 30.4 Å². The van der Waals surface area contributed by atoms with Crippen LogP contribution in [0.15, 0.2) is 77.3 Å². The summed E-state index contributed by atoms with van der Waals surface area (Å²) < 4.78 is 30.0. The molecule has 38 heavy (non-hydrogen) atoms. The lowest BCUT2D eigenvalue weighted by Gasteiger charge is -2.39. The van der Waals surface area contributed by atoms with Crippen LogP contribution in [0.1, 0.15) is 23.1 Å². The summed E-state index contributed by atoms with van der Waals surface area (Å²) in [4.78, 5) is 9.24. The first-order valence-electron chi connectivity index (χ1n) is 12.6. The molecule has 4 aromatic rings. The lowest BCUT2D eigenvalue weighted by atomic mass is 9.96. The quantitative estimate of drug-likeness (QED) is 0.249. The van der Waals surface area contributed by atoms with E-state index in [0.717, 1.165) is 37.7 Å². The SMILES string of the molecule is COc1ccc(-c2noc(COCCN3CCN(C(c4ccccc4)c4ccc(Cl)cc4)CC3)n2)cc1F. The van der Waals surface area contributed by atoms with Gasteiger partial charge in [-0.15, -0.1) is 0 Å². The van der Waals surface area contributed by atoms with Gasteiger partial charge in [-0.25, -0.2) is 4.39 Å². The third-order valence-corrected chi connectivity index (χ3v) is 6.98. The molecule has 1 aliphatic rings. The zero-order chi connectivity index (χ0) is 26.3. The van der Waals surface area contributed by atoms with Crippen molar-refractivity contribution in [3.05, 3.63) is 101 Å². The van der Waals surface area contributed by atoms with Gasteiger partial charge in [0.05, 0.1) is 19.8 Å². The van der Waals surface area contributed by atoms with Gasteiger partial charge in [0.2, 0.25) is 5.82 Å². The predicted octanol–water partition coefficient (Wildman–Crippen LogP) is 5.46. The smallest absolute Gasteiger partial charge is 0.252 e. The standard InChI is InChI=1S/C29H30ClFN4O3/c1-36-26-12-9-23(19-25(26)31)29-32-27(38-33-29)20-37-18-17-34-13-15-35(16-14-34)28(21-5-3-2-4-6-21)22-7-10-24(30)11-8-22/h2-12,19,28H,13-18,20H2,1H3. The first kappa shape index (κ1) is 26.3. The number of aromatic nitrogens is 2. The average molecular weight is 537 g/mol. The van der Waals surface area contributed by atoms with Crippen LogP contribution >= 0.6 is 11.6 Å². The van der Waals surface area contributed by atoms with Crippen molar-refractivity contribution in [1.82, 2.24) is 19.9 Å². The normalized spacial score (nSPS) is 15.4. The van der Waals surface area contributed by atoms with E-state index in [-0.39, 0.29) is 18.4 Å². The molecule has 0 spiro atoms. The summed E-state index contributed by atoms with van der Waals surface area (Å²) in [6.07, 6.45) is 0. The maximum atomic E-state index is 14.0. The zero-order valence-corrected chi connectivity index (χ0v) is 22.0. The zero-order valence-electron chi connectivity index (χ0n) is 21.2. The molecule has 0 N–H and O–H groups in total. The summed E-state index contributed by atoms with van der Waals surface area (Å²) in [5.41, 5.74) is 3.04. The first-order chi connectivity index (χ1) is 18.6. The second-order valence-corrected chi connectivity index (χ2v) is 9.59. The molecule has 0 aliphatic carbocycles. The van der Waals surface area contributed by atoms with Crippen LogP contribution in [0.3, 0.4) is 0 Å². The molecular formula is C29H30ClFN4O3. The van der Waals surface area contributed by atoms with Crippen LogP contribution in [0, 0.1) is 5.82 Å². The number of halogens is 2. The largest absolute Gasteiger partial charge is 0.494 e. The van der Waals surface area contributed by atoms with Gasteiger partial charge in [0.1, 0.15) is 6.61 Å². The van der Waals surface area contributed by atoms with Gasteiger partial charge in [-0.2, -0.15) is 4.98 Å². The molecule has 1 fully saturated rings. The first-order valence-corrected chi connectivity index (χ1v) is 13.0. The Bertz CT molecular complexity index is 1310. The minimum absolute atomic E-state index is 0.169. The van der Waals surface area contributed by atoms with E-state index in [9.17, 15) is 4.39 Å². The summed E-state index contributed by atoms with van der Waals surface area (Å²) in [5.74, 6) is 0.364. The fraction of sp³-hybridized carbons (Fsp3) is 0.310. The van der Waals surface area contributed by atoms with Crippen LogP contribution < -0.4 is 4.74 Å². The Labute approximate surface area is 226 Å². The van der Waals surface area contributed by atoms with Gasteiger partial charge in [-0.05, 0) is 41.5 Å². The van der Waals surface area contributed by atoms with Gasteiger partial charge in [0, 0.05) is 43.3 Å². The van der Waals surface area contributed by atoms with Crippen molar-refractivity contribution in [1.29, 1.82) is 0 Å². The Balaban J connectivity index is 1.10. The third-order valence-electron chi connectivity index (χ3n) is 6.73. The molecule has 1 unspecified atom stereocenters. The van der Waals surface area contributed by atoms with Crippen molar-refractivity contribution in [2.24, 2.45) is 0 Å². The minimum Gasteiger partial charge on any atom is -0.494 e. The molecule has 0 amide bonds. The number of methoxy groups -OCH3 is 1. The van der Waals surface area contributed by atoms with E-state index in [4.69, 9.17) is 25.6 Å². The number of rotatable bonds is 10. The summed E-state index contributed by atoms with van der Waals surface area (Å²) in [5, 5.41) is 4.68. The highest BCUT2D eigenvalue weighted by molar-refractivity contribution is 6.30. The van der Waals surface area contributed by atoms with E-state index in [1.54, 1.807) is 6.07 Å². The molecular weight excluding hydrogens is 507 g/mol. The second-order valence-electron chi connectivity index (χ2n) is 9.16. The molecule has 1 aliphatic heterocycles. The molecule has 198 valence electrons. The molecule has 0 saturated carbocycles. The molecule has 0 bridgehead atoms. The highest BCUT2D eigenvalue weighted by atomic mass is 35.5. The maximum Gasteiger partial charge on any atom is 0.252 e. The van der Waals surface area contributed by atoms with Gasteiger partial charge in [0.25, 0.3) is 5.89 Å². The van der Waals surface area contributed by atoms with Crippen molar-refractivity contribution in [2.75, 3.05) is 46.4 Å². The predicted molar refractivity (Wildman–Crippen MR) is 144 cm³/mol. The van der Waals surface area contributed by atoms with Crippen LogP contribution in [0.2, 0.25) is 5.02 Å². The molecule has 5 rings (SSSR count). The van der Waals surface area contributed by atoms with E-state index >= 15 is 0 Å². The molecule has 1 atom stereocenters. The van der Waals surface area contributed by atoms with Crippen molar-refractivity contribution in [3.63, 3.8) is 0 Å². The Morgan fingerprint density at radius 3 is 2.42 bits per heavy atom. The topological polar surface area (TPSA) is 63.9 Å². The third kappa shape index (κ3) is 6.39. The van der Waals surface area contributed by atoms with Crippen molar-refractivity contribution in [3.8, 4) is 17.1 Å². The number of nitrogens with zero attached hydrogens (tertiary/aromatic N) is 4. The van der Waals surface area contributed by atoms with E-state index in [2.05, 4.69) is 56.3 Å². The lowest BCUT2D eigenvalue weighted by molar-refractivity contribution is 0.0518. The molecule has 3 aromatic carbocycles. The minimum atomic E-state index is -0.476. The maximum absolute atomic E-state index is 14.0. The molecule has 9 heteroatoms. The number of hydrogen-bond acceptors (Lipinski definition) is 7. The van der Waals surface area contributed by atoms with E-state index < -0.39 is 5.82 Å². The van der Waals surface area contributed by atoms with Gasteiger partial charge in [0.15, 0.2) is 11.6 Å². The highest BCUT2D eigenvalue weighted by Gasteiger charge is 2.26. The van der Waals surface area contributed by atoms with Crippen LogP contribution in [-0.2, 0) is 11.3 Å². The number of benzene rings is 3. The Morgan fingerprint density at radius 1 is 0.974 bits per heavy atom. The lowest BCUT2D eigenvalue weighted by Crippen LogP contribution is -2.48. The number of hydrogen-bond donors (Lipinski definition) is 0. The fourth-order valence-corrected chi connectivity index (χ4v) is 4.85. The summed E-state index contributed by atoms with van der Waals surface area (Å²) in [6, 6.07) is 23.5. The average Bonchev–Trinajstić information content (AvgIpc) is 3.43.